The van der Waals surface area contributed by atoms with Crippen LogP contribution < -0.4 is 0 Å². The lowest BCUT2D eigenvalue weighted by Gasteiger charge is -2.09. The molecule has 1 N–H and O–H groups in total. The molecule has 12 heavy (non-hydrogen) atoms. The van der Waals surface area contributed by atoms with E-state index in [9.17, 15) is 9.90 Å². The van der Waals surface area contributed by atoms with E-state index in [1.807, 2.05) is 13.8 Å². The molecule has 0 aromatic heterocycles. The van der Waals surface area contributed by atoms with E-state index < -0.39 is 0 Å². The number of aldehydes is 1. The first-order chi connectivity index (χ1) is 5.61. The third-order valence-electron chi connectivity index (χ3n) is 2.01. The molecule has 0 aliphatic rings. The summed E-state index contributed by atoms with van der Waals surface area (Å²) in [4.78, 5) is 10.3. The van der Waals surface area contributed by atoms with Crippen LogP contribution in [0.3, 0.4) is 0 Å². The van der Waals surface area contributed by atoms with E-state index in [4.69, 9.17) is 0 Å². The van der Waals surface area contributed by atoms with Crippen molar-refractivity contribution in [3.8, 4) is 0 Å². The third kappa shape index (κ3) is 4.29. The number of allylic oxidation sites excluding steroid dienone is 1. The summed E-state index contributed by atoms with van der Waals surface area (Å²) in [5, 5.41) is 9.41. The van der Waals surface area contributed by atoms with E-state index >= 15 is 0 Å². The van der Waals surface area contributed by atoms with Crippen molar-refractivity contribution in [3.05, 3.63) is 11.1 Å². The monoisotopic (exact) mass is 170 g/mol. The minimum Gasteiger partial charge on any atom is -0.393 e. The van der Waals surface area contributed by atoms with Gasteiger partial charge in [-0.1, -0.05) is 18.9 Å². The van der Waals surface area contributed by atoms with Crippen molar-refractivity contribution in [2.24, 2.45) is 0 Å². The van der Waals surface area contributed by atoms with Gasteiger partial charge in [0.2, 0.25) is 0 Å². The van der Waals surface area contributed by atoms with Gasteiger partial charge in [0.15, 0.2) is 0 Å². The van der Waals surface area contributed by atoms with Crippen molar-refractivity contribution in [2.75, 3.05) is 0 Å². The van der Waals surface area contributed by atoms with Crippen LogP contribution in [0.5, 0.6) is 0 Å². The zero-order valence-electron chi connectivity index (χ0n) is 8.13. The Kier molecular flexibility index (Phi) is 5.64. The largest absolute Gasteiger partial charge is 0.393 e. The molecular weight excluding hydrogens is 152 g/mol. The quantitative estimate of drug-likeness (QED) is 0.506. The van der Waals surface area contributed by atoms with E-state index in [0.29, 0.717) is 6.42 Å². The maximum absolute atomic E-state index is 10.3. The molecule has 0 fully saturated rings. The Morgan fingerprint density at radius 2 is 2.08 bits per heavy atom. The van der Waals surface area contributed by atoms with Crippen LogP contribution in [0.4, 0.5) is 0 Å². The van der Waals surface area contributed by atoms with Crippen LogP contribution in [0.1, 0.15) is 40.0 Å². The lowest BCUT2D eigenvalue weighted by molar-refractivity contribution is -0.104. The highest BCUT2D eigenvalue weighted by Crippen LogP contribution is 2.12. The molecule has 70 valence electrons. The highest BCUT2D eigenvalue weighted by molar-refractivity contribution is 5.73. The highest BCUT2D eigenvalue weighted by Gasteiger charge is 2.04. The number of rotatable bonds is 5. The second kappa shape index (κ2) is 5.95. The molecule has 1 atom stereocenters. The van der Waals surface area contributed by atoms with Crippen LogP contribution in [0.15, 0.2) is 11.1 Å². The van der Waals surface area contributed by atoms with E-state index in [0.717, 1.165) is 30.3 Å². The van der Waals surface area contributed by atoms with Gasteiger partial charge >= 0.3 is 0 Å². The minimum absolute atomic E-state index is 0.287. The van der Waals surface area contributed by atoms with Crippen LogP contribution in [0.25, 0.3) is 0 Å². The predicted octanol–water partition coefficient (Wildman–Crippen LogP) is 2.07. The first-order valence-corrected chi connectivity index (χ1v) is 4.41. The zero-order valence-corrected chi connectivity index (χ0v) is 8.13. The number of aliphatic hydroxyl groups is 1. The number of hydrogen-bond acceptors (Lipinski definition) is 2. The third-order valence-corrected chi connectivity index (χ3v) is 2.01. The average Bonchev–Trinajstić information content (AvgIpc) is 2.03. The van der Waals surface area contributed by atoms with Crippen LogP contribution in [0.2, 0.25) is 0 Å². The smallest absolute Gasteiger partial charge is 0.145 e. The van der Waals surface area contributed by atoms with Gasteiger partial charge < -0.3 is 5.11 Å². The Morgan fingerprint density at radius 1 is 1.50 bits per heavy atom. The van der Waals surface area contributed by atoms with Gasteiger partial charge in [0.1, 0.15) is 6.29 Å². The van der Waals surface area contributed by atoms with Crippen molar-refractivity contribution in [2.45, 2.75) is 46.1 Å². The molecule has 0 rings (SSSR count). The molecule has 0 spiro atoms. The summed E-state index contributed by atoms with van der Waals surface area (Å²) in [6.45, 7) is 5.71. The summed E-state index contributed by atoms with van der Waals surface area (Å²) in [6, 6.07) is 0. The van der Waals surface area contributed by atoms with Gasteiger partial charge in [-0.15, -0.1) is 0 Å². The predicted molar refractivity (Wildman–Crippen MR) is 50.0 cm³/mol. The van der Waals surface area contributed by atoms with Crippen molar-refractivity contribution in [1.29, 1.82) is 0 Å². The highest BCUT2D eigenvalue weighted by atomic mass is 16.3. The molecule has 0 aliphatic carbocycles. The molecule has 0 radical (unpaired) electrons. The first kappa shape index (κ1) is 11.4. The lowest BCUT2D eigenvalue weighted by atomic mass is 10.0. The van der Waals surface area contributed by atoms with Crippen LogP contribution in [-0.4, -0.2) is 17.5 Å². The van der Waals surface area contributed by atoms with E-state index in [1.165, 1.54) is 0 Å². The topological polar surface area (TPSA) is 37.3 Å². The maximum atomic E-state index is 10.3. The second-order valence-electron chi connectivity index (χ2n) is 3.23. The van der Waals surface area contributed by atoms with Crippen molar-refractivity contribution in [1.82, 2.24) is 0 Å². The van der Waals surface area contributed by atoms with Gasteiger partial charge in [-0.2, -0.15) is 0 Å². The fourth-order valence-corrected chi connectivity index (χ4v) is 1.05. The Bertz CT molecular complexity index is 171. The lowest BCUT2D eigenvalue weighted by Crippen LogP contribution is -2.06. The van der Waals surface area contributed by atoms with Crippen LogP contribution >= 0.6 is 0 Å². The molecule has 0 saturated heterocycles. The Hall–Kier alpha value is -0.630. The van der Waals surface area contributed by atoms with Gasteiger partial charge in [0, 0.05) is 0 Å². The standard InChI is InChI=1S/C10H18O2/c1-4-5-10(12)6-8(2)9(3)7-11/h7,10,12H,4-6H2,1-3H3. The summed E-state index contributed by atoms with van der Waals surface area (Å²) < 4.78 is 0. The number of hydrogen-bond donors (Lipinski definition) is 1. The summed E-state index contributed by atoms with van der Waals surface area (Å²) in [7, 11) is 0. The van der Waals surface area contributed by atoms with Crippen LogP contribution in [0, 0.1) is 0 Å². The summed E-state index contributed by atoms with van der Waals surface area (Å²) in [5.74, 6) is 0. The van der Waals surface area contributed by atoms with Gasteiger partial charge in [0.25, 0.3) is 0 Å². The SMILES string of the molecule is CCCC(O)CC(C)=C(C)C=O. The number of carbonyl (C=O) groups is 1. The second-order valence-corrected chi connectivity index (χ2v) is 3.23. The first-order valence-electron chi connectivity index (χ1n) is 4.41. The van der Waals surface area contributed by atoms with Gasteiger partial charge in [-0.05, 0) is 32.3 Å². The molecule has 0 heterocycles. The van der Waals surface area contributed by atoms with Crippen molar-refractivity contribution in [3.63, 3.8) is 0 Å². The van der Waals surface area contributed by atoms with Gasteiger partial charge in [-0.3, -0.25) is 4.79 Å². The summed E-state index contributed by atoms with van der Waals surface area (Å²) in [5.41, 5.74) is 1.73. The van der Waals surface area contributed by atoms with E-state index in [-0.39, 0.29) is 6.10 Å². The molecule has 0 saturated carbocycles. The fraction of sp³-hybridized carbons (Fsp3) is 0.700. The Balaban J connectivity index is 3.98. The summed E-state index contributed by atoms with van der Waals surface area (Å²) >= 11 is 0. The van der Waals surface area contributed by atoms with Crippen LogP contribution in [-0.2, 0) is 4.79 Å². The van der Waals surface area contributed by atoms with E-state index in [1.54, 1.807) is 6.92 Å². The van der Waals surface area contributed by atoms with Gasteiger partial charge in [0.05, 0.1) is 6.10 Å². The number of carbonyl (C=O) groups excluding carboxylic acids is 1. The zero-order chi connectivity index (χ0) is 9.56. The van der Waals surface area contributed by atoms with Crippen molar-refractivity contribution < 1.29 is 9.90 Å². The van der Waals surface area contributed by atoms with E-state index in [2.05, 4.69) is 0 Å². The van der Waals surface area contributed by atoms with Crippen molar-refractivity contribution >= 4 is 6.29 Å². The average molecular weight is 170 g/mol. The molecule has 0 aromatic carbocycles. The minimum atomic E-state index is -0.287. The molecule has 0 amide bonds. The van der Waals surface area contributed by atoms with Gasteiger partial charge in [-0.25, -0.2) is 0 Å². The molecular formula is C10H18O2. The number of aliphatic hydroxyl groups excluding tert-OH is 1. The molecule has 0 bridgehead atoms. The molecule has 1 unspecified atom stereocenters. The molecule has 0 aromatic rings. The summed E-state index contributed by atoms with van der Waals surface area (Å²) in [6.07, 6.45) is 2.97. The molecule has 2 nitrogen and oxygen atoms in total. The Morgan fingerprint density at radius 3 is 2.50 bits per heavy atom. The fourth-order valence-electron chi connectivity index (χ4n) is 1.05. The Labute approximate surface area is 74.3 Å². The normalized spacial score (nSPS) is 15.3. The molecule has 0 aliphatic heterocycles. The molecule has 2 heteroatoms. The maximum Gasteiger partial charge on any atom is 0.145 e.